The number of nitrogens with zero attached hydrogens (tertiary/aromatic N) is 2. The van der Waals surface area contributed by atoms with Crippen LogP contribution in [0.3, 0.4) is 0 Å². The van der Waals surface area contributed by atoms with E-state index in [0.717, 1.165) is 6.54 Å². The number of alkyl halides is 3. The van der Waals surface area contributed by atoms with Crippen LogP contribution in [0.5, 0.6) is 0 Å². The third-order valence-corrected chi connectivity index (χ3v) is 2.82. The van der Waals surface area contributed by atoms with Crippen LogP contribution in [0.4, 0.5) is 17.6 Å². The minimum absolute atomic E-state index is 0.0884. The third-order valence-electron chi connectivity index (χ3n) is 2.82. The first kappa shape index (κ1) is 15.4. The number of hydrogen-bond donors (Lipinski definition) is 1. The summed E-state index contributed by atoms with van der Waals surface area (Å²) >= 11 is 0. The zero-order chi connectivity index (χ0) is 15.6. The van der Waals surface area contributed by atoms with Crippen molar-refractivity contribution in [3.8, 4) is 11.4 Å². The van der Waals surface area contributed by atoms with E-state index >= 15 is 0 Å². The molecule has 1 N–H and O–H groups in total. The molecule has 0 atom stereocenters. The Morgan fingerprint density at radius 2 is 2.00 bits per heavy atom. The molecule has 0 bridgehead atoms. The highest BCUT2D eigenvalue weighted by molar-refractivity contribution is 5.61. The Balaban J connectivity index is 2.38. The predicted molar refractivity (Wildman–Crippen MR) is 66.8 cm³/mol. The quantitative estimate of drug-likeness (QED) is 0.880. The van der Waals surface area contributed by atoms with Crippen LogP contribution >= 0.6 is 0 Å². The summed E-state index contributed by atoms with van der Waals surface area (Å²) in [6.07, 6.45) is -4.75. The van der Waals surface area contributed by atoms with Crippen LogP contribution in [0, 0.1) is 12.7 Å². The normalized spacial score (nSPS) is 11.9. The smallest absolute Gasteiger partial charge is 0.329 e. The van der Waals surface area contributed by atoms with Crippen molar-refractivity contribution in [2.45, 2.75) is 26.6 Å². The summed E-state index contributed by atoms with van der Waals surface area (Å²) in [5.41, 5.74) is 1.04. The molecular formula is C13H13F4N3O. The van der Waals surface area contributed by atoms with Gasteiger partial charge in [-0.05, 0) is 30.7 Å². The summed E-state index contributed by atoms with van der Waals surface area (Å²) in [7, 11) is 0. The molecule has 8 heteroatoms. The van der Waals surface area contributed by atoms with Gasteiger partial charge in [-0.15, -0.1) is 0 Å². The maximum atomic E-state index is 14.1. The van der Waals surface area contributed by atoms with E-state index in [-0.39, 0.29) is 5.56 Å². The highest BCUT2D eigenvalue weighted by Gasteiger charge is 2.38. The lowest BCUT2D eigenvalue weighted by Crippen LogP contribution is -2.12. The van der Waals surface area contributed by atoms with Gasteiger partial charge in [-0.2, -0.15) is 18.2 Å². The van der Waals surface area contributed by atoms with Gasteiger partial charge in [-0.1, -0.05) is 18.1 Å². The van der Waals surface area contributed by atoms with Crippen LogP contribution in [-0.4, -0.2) is 16.7 Å². The van der Waals surface area contributed by atoms with Gasteiger partial charge >= 0.3 is 12.1 Å². The second-order valence-corrected chi connectivity index (χ2v) is 4.47. The summed E-state index contributed by atoms with van der Waals surface area (Å²) in [6.45, 7) is 4.68. The van der Waals surface area contributed by atoms with Gasteiger partial charge in [0, 0.05) is 6.54 Å². The number of aromatic nitrogens is 2. The lowest BCUT2D eigenvalue weighted by atomic mass is 10.0. The molecule has 0 fully saturated rings. The average molecular weight is 303 g/mol. The largest absolute Gasteiger partial charge is 0.471 e. The molecule has 0 amide bonds. The van der Waals surface area contributed by atoms with Crippen molar-refractivity contribution in [1.82, 2.24) is 15.5 Å². The van der Waals surface area contributed by atoms with E-state index in [2.05, 4.69) is 20.0 Å². The Hall–Kier alpha value is -1.96. The lowest BCUT2D eigenvalue weighted by molar-refractivity contribution is -0.159. The molecule has 0 unspecified atom stereocenters. The molecule has 0 radical (unpaired) electrons. The van der Waals surface area contributed by atoms with Crippen LogP contribution < -0.4 is 5.32 Å². The monoisotopic (exact) mass is 303 g/mol. The highest BCUT2D eigenvalue weighted by atomic mass is 19.4. The maximum Gasteiger partial charge on any atom is 0.471 e. The Bertz CT molecular complexity index is 614. The second-order valence-electron chi connectivity index (χ2n) is 4.47. The van der Waals surface area contributed by atoms with Crippen LogP contribution in [0.1, 0.15) is 23.9 Å². The summed E-state index contributed by atoms with van der Waals surface area (Å²) in [5, 5.41) is 6.24. The highest BCUT2D eigenvalue weighted by Crippen LogP contribution is 2.31. The zero-order valence-electron chi connectivity index (χ0n) is 11.4. The number of nitrogens with one attached hydrogen (secondary N) is 1. The molecule has 0 saturated carbocycles. The first-order valence-corrected chi connectivity index (χ1v) is 6.24. The van der Waals surface area contributed by atoms with Crippen LogP contribution in [0.25, 0.3) is 11.4 Å². The molecule has 0 spiro atoms. The van der Waals surface area contributed by atoms with Gasteiger partial charge in [0.05, 0.1) is 5.56 Å². The van der Waals surface area contributed by atoms with Gasteiger partial charge in [0.15, 0.2) is 0 Å². The molecule has 4 nitrogen and oxygen atoms in total. The fourth-order valence-corrected chi connectivity index (χ4v) is 1.91. The lowest BCUT2D eigenvalue weighted by Gasteiger charge is -2.08. The SMILES string of the molecule is CCNCc1cc(C)c(-c2noc(C(F)(F)F)n2)c(F)c1. The van der Waals surface area contributed by atoms with Crippen molar-refractivity contribution in [1.29, 1.82) is 0 Å². The van der Waals surface area contributed by atoms with Crippen molar-refractivity contribution < 1.29 is 22.1 Å². The molecule has 2 aromatic rings. The Labute approximate surface area is 118 Å². The van der Waals surface area contributed by atoms with Crippen LogP contribution in [0.2, 0.25) is 0 Å². The third kappa shape index (κ3) is 3.38. The molecule has 21 heavy (non-hydrogen) atoms. The van der Waals surface area contributed by atoms with Crippen molar-refractivity contribution in [2.24, 2.45) is 0 Å². The van der Waals surface area contributed by atoms with Gasteiger partial charge in [-0.3, -0.25) is 0 Å². The molecule has 1 aromatic heterocycles. The van der Waals surface area contributed by atoms with Crippen molar-refractivity contribution >= 4 is 0 Å². The van der Waals surface area contributed by atoms with Crippen molar-refractivity contribution in [3.63, 3.8) is 0 Å². The zero-order valence-corrected chi connectivity index (χ0v) is 11.4. The molecule has 114 valence electrons. The molecule has 0 aliphatic rings. The van der Waals surface area contributed by atoms with E-state index < -0.39 is 23.7 Å². The minimum Gasteiger partial charge on any atom is -0.329 e. The minimum atomic E-state index is -4.75. The topological polar surface area (TPSA) is 51.0 Å². The van der Waals surface area contributed by atoms with E-state index in [1.54, 1.807) is 13.0 Å². The predicted octanol–water partition coefficient (Wildman–Crippen LogP) is 3.31. The number of halogens is 4. The molecule has 2 rings (SSSR count). The van der Waals surface area contributed by atoms with Crippen LogP contribution in [0.15, 0.2) is 16.7 Å². The number of benzene rings is 1. The Kier molecular flexibility index (Phi) is 4.26. The fourth-order valence-electron chi connectivity index (χ4n) is 1.91. The Morgan fingerprint density at radius 1 is 1.29 bits per heavy atom. The standard InChI is InChI=1S/C13H13F4N3O/c1-3-18-6-8-4-7(2)10(9(14)5-8)11-19-12(21-20-11)13(15,16)17/h4-5,18H,3,6H2,1-2H3. The Morgan fingerprint density at radius 3 is 2.52 bits per heavy atom. The number of hydrogen-bond acceptors (Lipinski definition) is 4. The van der Waals surface area contributed by atoms with E-state index in [0.29, 0.717) is 17.7 Å². The maximum absolute atomic E-state index is 14.1. The molecule has 0 saturated heterocycles. The van der Waals surface area contributed by atoms with Crippen molar-refractivity contribution in [2.75, 3.05) is 6.54 Å². The van der Waals surface area contributed by atoms with Gasteiger partial charge in [0.25, 0.3) is 0 Å². The number of aryl methyl sites for hydroxylation is 1. The summed E-state index contributed by atoms with van der Waals surface area (Å²) in [4.78, 5) is 3.21. The molecule has 1 heterocycles. The van der Waals surface area contributed by atoms with Crippen molar-refractivity contribution in [3.05, 3.63) is 35.0 Å². The van der Waals surface area contributed by atoms with Gasteiger partial charge in [0.2, 0.25) is 5.82 Å². The number of rotatable bonds is 4. The first-order chi connectivity index (χ1) is 9.82. The molecular weight excluding hydrogens is 290 g/mol. The molecule has 0 aliphatic carbocycles. The van der Waals surface area contributed by atoms with Crippen LogP contribution in [-0.2, 0) is 12.7 Å². The van der Waals surface area contributed by atoms with E-state index in [1.165, 1.54) is 6.07 Å². The second kappa shape index (κ2) is 5.80. The summed E-state index contributed by atoms with van der Waals surface area (Å²) in [5.74, 6) is -2.59. The van der Waals surface area contributed by atoms with Gasteiger partial charge in [0.1, 0.15) is 5.82 Å². The van der Waals surface area contributed by atoms with E-state index in [1.807, 2.05) is 6.92 Å². The first-order valence-electron chi connectivity index (χ1n) is 6.24. The van der Waals surface area contributed by atoms with E-state index in [4.69, 9.17) is 0 Å². The average Bonchev–Trinajstić information content (AvgIpc) is 2.85. The summed E-state index contributed by atoms with van der Waals surface area (Å²) in [6, 6.07) is 2.92. The molecule has 1 aromatic carbocycles. The molecule has 0 aliphatic heterocycles. The van der Waals surface area contributed by atoms with E-state index in [9.17, 15) is 17.6 Å². The fraction of sp³-hybridized carbons (Fsp3) is 0.385. The van der Waals surface area contributed by atoms with Gasteiger partial charge in [-0.25, -0.2) is 4.39 Å². The van der Waals surface area contributed by atoms with Gasteiger partial charge < -0.3 is 9.84 Å². The summed E-state index contributed by atoms with van der Waals surface area (Å²) < 4.78 is 55.5.